The number of aromatic amines is 1. The van der Waals surface area contributed by atoms with Gasteiger partial charge in [0.2, 0.25) is 0 Å². The Hall–Kier alpha value is -2.63. The van der Waals surface area contributed by atoms with Crippen molar-refractivity contribution in [1.29, 1.82) is 0 Å². The molecule has 23 heavy (non-hydrogen) atoms. The van der Waals surface area contributed by atoms with Gasteiger partial charge in [-0.25, -0.2) is 0 Å². The first kappa shape index (κ1) is 15.3. The molecule has 0 radical (unpaired) electrons. The molecule has 0 atom stereocenters. The van der Waals surface area contributed by atoms with E-state index >= 15 is 0 Å². The van der Waals surface area contributed by atoms with Crippen LogP contribution in [0.25, 0.3) is 0 Å². The predicted octanol–water partition coefficient (Wildman–Crippen LogP) is 1.62. The van der Waals surface area contributed by atoms with E-state index in [2.05, 4.69) is 10.2 Å². The first-order chi connectivity index (χ1) is 11.0. The van der Waals surface area contributed by atoms with E-state index in [1.807, 2.05) is 31.2 Å². The Morgan fingerprint density at radius 3 is 2.78 bits per heavy atom. The summed E-state index contributed by atoms with van der Waals surface area (Å²) in [4.78, 5) is 28.2. The molecule has 2 aromatic rings. The maximum absolute atomic E-state index is 12.7. The van der Waals surface area contributed by atoms with Gasteiger partial charge in [0.15, 0.2) is 5.69 Å². The summed E-state index contributed by atoms with van der Waals surface area (Å²) in [5.74, 6) is -0.156. The summed E-state index contributed by atoms with van der Waals surface area (Å²) in [6, 6.07) is 7.57. The number of nitrogens with one attached hydrogen (secondary N) is 1. The van der Waals surface area contributed by atoms with Crippen molar-refractivity contribution in [2.75, 3.05) is 20.6 Å². The number of carbonyl (C=O) groups excluding carboxylic acids is 2. The van der Waals surface area contributed by atoms with E-state index in [0.717, 1.165) is 16.8 Å². The third-order valence-electron chi connectivity index (χ3n) is 4.09. The second-order valence-electron chi connectivity index (χ2n) is 6.08. The molecular formula is C17H20N4O2. The van der Waals surface area contributed by atoms with Crippen LogP contribution in [0.15, 0.2) is 24.3 Å². The largest absolute Gasteiger partial charge is 0.343 e. The Bertz CT molecular complexity index is 764. The first-order valence-corrected chi connectivity index (χ1v) is 7.61. The highest BCUT2D eigenvalue weighted by Crippen LogP contribution is 2.22. The maximum atomic E-state index is 12.7. The molecule has 0 spiro atoms. The van der Waals surface area contributed by atoms with E-state index in [9.17, 15) is 9.59 Å². The number of carbonyl (C=O) groups is 2. The molecular weight excluding hydrogens is 292 g/mol. The lowest BCUT2D eigenvalue weighted by atomic mass is 10.0. The van der Waals surface area contributed by atoms with Crippen molar-refractivity contribution in [1.82, 2.24) is 20.0 Å². The number of fused-ring (bicyclic) bond motifs is 1. The highest BCUT2D eigenvalue weighted by atomic mass is 16.2. The topological polar surface area (TPSA) is 69.3 Å². The Labute approximate surface area is 135 Å². The molecule has 0 saturated heterocycles. The minimum absolute atomic E-state index is 0.0104. The number of hydrogen-bond acceptors (Lipinski definition) is 3. The van der Waals surface area contributed by atoms with Gasteiger partial charge in [-0.05, 0) is 19.1 Å². The van der Waals surface area contributed by atoms with Gasteiger partial charge in [-0.1, -0.05) is 17.7 Å². The van der Waals surface area contributed by atoms with Crippen molar-refractivity contribution in [2.45, 2.75) is 19.9 Å². The number of rotatable bonds is 2. The van der Waals surface area contributed by atoms with Gasteiger partial charge in [0, 0.05) is 43.9 Å². The Morgan fingerprint density at radius 1 is 1.30 bits per heavy atom. The summed E-state index contributed by atoms with van der Waals surface area (Å²) in [5, 5.41) is 7.08. The fraction of sp³-hybridized carbons (Fsp3) is 0.353. The molecule has 1 aromatic carbocycles. The first-order valence-electron chi connectivity index (χ1n) is 7.61. The summed E-state index contributed by atoms with van der Waals surface area (Å²) < 4.78 is 0. The third-order valence-corrected chi connectivity index (χ3v) is 4.09. The molecule has 0 aliphatic carbocycles. The number of amides is 2. The van der Waals surface area contributed by atoms with Gasteiger partial charge in [0.25, 0.3) is 11.8 Å². The second kappa shape index (κ2) is 5.87. The average Bonchev–Trinajstić information content (AvgIpc) is 2.96. The van der Waals surface area contributed by atoms with Crippen molar-refractivity contribution in [3.8, 4) is 0 Å². The van der Waals surface area contributed by atoms with E-state index in [1.165, 1.54) is 4.90 Å². The van der Waals surface area contributed by atoms with Gasteiger partial charge in [0.1, 0.15) is 0 Å². The molecule has 1 N–H and O–H groups in total. The lowest BCUT2D eigenvalue weighted by molar-refractivity contribution is 0.0726. The molecule has 0 bridgehead atoms. The number of hydrogen-bond donors (Lipinski definition) is 1. The zero-order chi connectivity index (χ0) is 16.6. The van der Waals surface area contributed by atoms with Crippen molar-refractivity contribution in [3.63, 3.8) is 0 Å². The van der Waals surface area contributed by atoms with Crippen molar-refractivity contribution in [3.05, 3.63) is 52.3 Å². The smallest absolute Gasteiger partial charge is 0.274 e. The number of aromatic nitrogens is 2. The van der Waals surface area contributed by atoms with E-state index in [1.54, 1.807) is 19.0 Å². The standard InChI is InChI=1S/C17H20N4O2/c1-11-5-4-6-12(9-11)16(22)21-8-7-14-13(10-21)15(19-18-14)17(23)20(2)3/h4-6,9H,7-8,10H2,1-3H3,(H,18,19). The van der Waals surface area contributed by atoms with Gasteiger partial charge in [0.05, 0.1) is 6.54 Å². The summed E-state index contributed by atoms with van der Waals surface area (Å²) >= 11 is 0. The van der Waals surface area contributed by atoms with E-state index in [-0.39, 0.29) is 11.8 Å². The Kier molecular flexibility index (Phi) is 3.90. The lowest BCUT2D eigenvalue weighted by Gasteiger charge is -2.27. The molecule has 6 heteroatoms. The van der Waals surface area contributed by atoms with Crippen LogP contribution in [0.3, 0.4) is 0 Å². The number of H-pyrrole nitrogens is 1. The summed E-state index contributed by atoms with van der Waals surface area (Å²) in [6.07, 6.45) is 0.681. The van der Waals surface area contributed by atoms with Crippen molar-refractivity contribution < 1.29 is 9.59 Å². The molecule has 120 valence electrons. The van der Waals surface area contributed by atoms with Crippen molar-refractivity contribution in [2.24, 2.45) is 0 Å². The van der Waals surface area contributed by atoms with Crippen LogP contribution < -0.4 is 0 Å². The predicted molar refractivity (Wildman–Crippen MR) is 86.2 cm³/mol. The molecule has 3 rings (SSSR count). The minimum atomic E-state index is -0.146. The minimum Gasteiger partial charge on any atom is -0.343 e. The third kappa shape index (κ3) is 2.84. The molecule has 2 heterocycles. The molecule has 6 nitrogen and oxygen atoms in total. The van der Waals surface area contributed by atoms with Gasteiger partial charge >= 0.3 is 0 Å². The summed E-state index contributed by atoms with van der Waals surface area (Å²) in [5.41, 5.74) is 3.92. The van der Waals surface area contributed by atoms with Crippen LogP contribution in [0.2, 0.25) is 0 Å². The van der Waals surface area contributed by atoms with Gasteiger partial charge in [-0.15, -0.1) is 0 Å². The molecule has 1 aliphatic rings. The SMILES string of the molecule is Cc1cccc(C(=O)N2CCc3[nH]nc(C(=O)N(C)C)c3C2)c1. The molecule has 0 fully saturated rings. The van der Waals surface area contributed by atoms with Crippen LogP contribution in [0, 0.1) is 6.92 Å². The van der Waals surface area contributed by atoms with Gasteiger partial charge in [-0.2, -0.15) is 5.10 Å². The fourth-order valence-corrected chi connectivity index (χ4v) is 2.82. The van der Waals surface area contributed by atoms with E-state index < -0.39 is 0 Å². The normalized spacial score (nSPS) is 13.6. The number of aryl methyl sites for hydroxylation is 1. The zero-order valence-electron chi connectivity index (χ0n) is 13.6. The lowest BCUT2D eigenvalue weighted by Crippen LogP contribution is -2.36. The molecule has 0 saturated carbocycles. The van der Waals surface area contributed by atoms with Crippen LogP contribution in [-0.2, 0) is 13.0 Å². The van der Waals surface area contributed by atoms with Crippen LogP contribution in [0.1, 0.15) is 37.7 Å². The average molecular weight is 312 g/mol. The van der Waals surface area contributed by atoms with Crippen LogP contribution >= 0.6 is 0 Å². The quantitative estimate of drug-likeness (QED) is 0.916. The Morgan fingerprint density at radius 2 is 2.09 bits per heavy atom. The van der Waals surface area contributed by atoms with Crippen LogP contribution in [-0.4, -0.2) is 52.5 Å². The molecule has 1 aliphatic heterocycles. The van der Waals surface area contributed by atoms with Gasteiger partial charge < -0.3 is 9.80 Å². The summed E-state index contributed by atoms with van der Waals surface area (Å²) in [7, 11) is 3.39. The monoisotopic (exact) mass is 312 g/mol. The fourth-order valence-electron chi connectivity index (χ4n) is 2.82. The summed E-state index contributed by atoms with van der Waals surface area (Å²) in [6.45, 7) is 3.00. The molecule has 1 aromatic heterocycles. The molecule has 2 amide bonds. The number of nitrogens with zero attached hydrogens (tertiary/aromatic N) is 3. The molecule has 0 unspecified atom stereocenters. The second-order valence-corrected chi connectivity index (χ2v) is 6.08. The van der Waals surface area contributed by atoms with E-state index in [0.29, 0.717) is 30.8 Å². The number of benzene rings is 1. The zero-order valence-corrected chi connectivity index (χ0v) is 13.6. The van der Waals surface area contributed by atoms with E-state index in [4.69, 9.17) is 0 Å². The maximum Gasteiger partial charge on any atom is 0.274 e. The van der Waals surface area contributed by atoms with Crippen molar-refractivity contribution >= 4 is 11.8 Å². The van der Waals surface area contributed by atoms with Gasteiger partial charge in [-0.3, -0.25) is 14.7 Å². The van der Waals surface area contributed by atoms with Crippen LogP contribution in [0.5, 0.6) is 0 Å². The highest BCUT2D eigenvalue weighted by molar-refractivity contribution is 5.96. The highest BCUT2D eigenvalue weighted by Gasteiger charge is 2.28. The Balaban J connectivity index is 1.86. The van der Waals surface area contributed by atoms with Crippen LogP contribution in [0.4, 0.5) is 0 Å².